The molecule has 3 nitrogen and oxygen atoms in total. The summed E-state index contributed by atoms with van der Waals surface area (Å²) in [6, 6.07) is 9.90. The number of aromatic nitrogens is 1. The van der Waals surface area contributed by atoms with Crippen molar-refractivity contribution in [1.29, 1.82) is 0 Å². The van der Waals surface area contributed by atoms with Crippen LogP contribution >= 0.6 is 0 Å². The maximum absolute atomic E-state index is 10.4. The molecule has 1 saturated heterocycles. The standard InChI is InChI=1S/C13H13NO2/c15-13(5-6-16-9-13)11-7-10-3-1-2-4-12(10)14-8-11/h1-4,7-8,15H,5-6,9H2. The second kappa shape index (κ2) is 3.54. The van der Waals surface area contributed by atoms with Gasteiger partial charge < -0.3 is 9.84 Å². The van der Waals surface area contributed by atoms with Gasteiger partial charge in [0, 0.05) is 30.2 Å². The Morgan fingerprint density at radius 2 is 2.19 bits per heavy atom. The SMILES string of the molecule is OC1(c2cnc3ccccc3c2)CCOC1. The predicted molar refractivity (Wildman–Crippen MR) is 61.1 cm³/mol. The van der Waals surface area contributed by atoms with E-state index in [-0.39, 0.29) is 0 Å². The lowest BCUT2D eigenvalue weighted by Gasteiger charge is -2.20. The fraction of sp³-hybridized carbons (Fsp3) is 0.308. The first-order valence-corrected chi connectivity index (χ1v) is 5.43. The molecule has 2 aromatic rings. The fourth-order valence-corrected chi connectivity index (χ4v) is 2.11. The average molecular weight is 215 g/mol. The van der Waals surface area contributed by atoms with Crippen molar-refractivity contribution in [1.82, 2.24) is 4.98 Å². The van der Waals surface area contributed by atoms with Gasteiger partial charge in [-0.25, -0.2) is 0 Å². The van der Waals surface area contributed by atoms with Gasteiger partial charge in [0.15, 0.2) is 0 Å². The Morgan fingerprint density at radius 3 is 3.00 bits per heavy atom. The molecule has 1 aliphatic heterocycles. The summed E-state index contributed by atoms with van der Waals surface area (Å²) < 4.78 is 5.25. The third kappa shape index (κ3) is 1.49. The van der Waals surface area contributed by atoms with Gasteiger partial charge in [0.05, 0.1) is 12.1 Å². The summed E-state index contributed by atoms with van der Waals surface area (Å²) in [6.07, 6.45) is 2.39. The zero-order chi connectivity index (χ0) is 11.0. The van der Waals surface area contributed by atoms with Crippen LogP contribution in [0.3, 0.4) is 0 Å². The number of rotatable bonds is 1. The lowest BCUT2D eigenvalue weighted by molar-refractivity contribution is 0.0230. The molecule has 1 fully saturated rings. The van der Waals surface area contributed by atoms with Gasteiger partial charge >= 0.3 is 0 Å². The molecule has 1 aliphatic rings. The van der Waals surface area contributed by atoms with Crippen LogP contribution in [0.15, 0.2) is 36.5 Å². The molecule has 0 bridgehead atoms. The smallest absolute Gasteiger partial charge is 0.117 e. The highest BCUT2D eigenvalue weighted by Crippen LogP contribution is 2.31. The molecule has 0 radical (unpaired) electrons. The Labute approximate surface area is 93.7 Å². The number of aliphatic hydroxyl groups is 1. The maximum atomic E-state index is 10.4. The Bertz CT molecular complexity index is 518. The Kier molecular flexibility index (Phi) is 2.16. The number of benzene rings is 1. The van der Waals surface area contributed by atoms with Gasteiger partial charge in [-0.05, 0) is 12.1 Å². The van der Waals surface area contributed by atoms with Crippen molar-refractivity contribution < 1.29 is 9.84 Å². The first kappa shape index (κ1) is 9.75. The molecule has 1 aromatic carbocycles. The fourth-order valence-electron chi connectivity index (χ4n) is 2.11. The first-order valence-electron chi connectivity index (χ1n) is 5.43. The van der Waals surface area contributed by atoms with Gasteiger partial charge in [-0.1, -0.05) is 18.2 Å². The normalized spacial score (nSPS) is 25.1. The number of nitrogens with zero attached hydrogens (tertiary/aromatic N) is 1. The molecule has 3 rings (SSSR count). The van der Waals surface area contributed by atoms with Crippen molar-refractivity contribution in [3.8, 4) is 0 Å². The zero-order valence-corrected chi connectivity index (χ0v) is 8.89. The maximum Gasteiger partial charge on any atom is 0.117 e. The summed E-state index contributed by atoms with van der Waals surface area (Å²) in [5.41, 5.74) is 0.953. The van der Waals surface area contributed by atoms with Crippen LogP contribution in [0.2, 0.25) is 0 Å². The quantitative estimate of drug-likeness (QED) is 0.789. The summed E-state index contributed by atoms with van der Waals surface area (Å²) in [5.74, 6) is 0. The number of hydrogen-bond acceptors (Lipinski definition) is 3. The van der Waals surface area contributed by atoms with E-state index in [0.29, 0.717) is 19.6 Å². The topological polar surface area (TPSA) is 42.4 Å². The Hall–Kier alpha value is -1.45. The van der Waals surface area contributed by atoms with E-state index in [9.17, 15) is 5.11 Å². The van der Waals surface area contributed by atoms with Crippen molar-refractivity contribution in [3.63, 3.8) is 0 Å². The van der Waals surface area contributed by atoms with E-state index in [0.717, 1.165) is 16.5 Å². The molecule has 0 aliphatic carbocycles. The number of hydrogen-bond donors (Lipinski definition) is 1. The second-order valence-corrected chi connectivity index (χ2v) is 4.25. The number of pyridine rings is 1. The van der Waals surface area contributed by atoms with E-state index >= 15 is 0 Å². The minimum absolute atomic E-state index is 0.368. The van der Waals surface area contributed by atoms with Crippen molar-refractivity contribution in [2.75, 3.05) is 13.2 Å². The first-order chi connectivity index (χ1) is 7.78. The molecular formula is C13H13NO2. The van der Waals surface area contributed by atoms with Crippen LogP contribution in [0.4, 0.5) is 0 Å². The van der Waals surface area contributed by atoms with E-state index in [4.69, 9.17) is 4.74 Å². The van der Waals surface area contributed by atoms with Crippen molar-refractivity contribution in [2.45, 2.75) is 12.0 Å². The Balaban J connectivity index is 2.11. The molecule has 0 spiro atoms. The van der Waals surface area contributed by atoms with E-state index in [2.05, 4.69) is 4.98 Å². The molecule has 1 unspecified atom stereocenters. The summed E-state index contributed by atoms with van der Waals surface area (Å²) in [6.45, 7) is 0.982. The highest BCUT2D eigenvalue weighted by Gasteiger charge is 2.34. The van der Waals surface area contributed by atoms with E-state index in [1.165, 1.54) is 0 Å². The van der Waals surface area contributed by atoms with Crippen LogP contribution in [-0.4, -0.2) is 23.3 Å². The lowest BCUT2D eigenvalue weighted by atomic mass is 9.94. The van der Waals surface area contributed by atoms with Crippen LogP contribution in [0, 0.1) is 0 Å². The number of ether oxygens (including phenoxy) is 1. The monoisotopic (exact) mass is 215 g/mol. The van der Waals surface area contributed by atoms with Gasteiger partial charge in [0.1, 0.15) is 5.60 Å². The molecule has 3 heteroatoms. The van der Waals surface area contributed by atoms with E-state index in [1.54, 1.807) is 6.20 Å². The largest absolute Gasteiger partial charge is 0.383 e. The highest BCUT2D eigenvalue weighted by atomic mass is 16.5. The van der Waals surface area contributed by atoms with Gasteiger partial charge in [0.2, 0.25) is 0 Å². The molecular weight excluding hydrogens is 202 g/mol. The summed E-state index contributed by atoms with van der Waals surface area (Å²) in [4.78, 5) is 4.36. The summed E-state index contributed by atoms with van der Waals surface area (Å²) in [7, 11) is 0. The van der Waals surface area contributed by atoms with E-state index in [1.807, 2.05) is 30.3 Å². The third-order valence-electron chi connectivity index (χ3n) is 3.13. The zero-order valence-electron chi connectivity index (χ0n) is 8.89. The molecule has 1 N–H and O–H groups in total. The van der Waals surface area contributed by atoms with Crippen LogP contribution in [0.5, 0.6) is 0 Å². The molecule has 2 heterocycles. The molecule has 0 saturated carbocycles. The molecule has 16 heavy (non-hydrogen) atoms. The van der Waals surface area contributed by atoms with Crippen LogP contribution in [-0.2, 0) is 10.3 Å². The van der Waals surface area contributed by atoms with Crippen LogP contribution < -0.4 is 0 Å². The second-order valence-electron chi connectivity index (χ2n) is 4.25. The number of para-hydroxylation sites is 1. The van der Waals surface area contributed by atoms with Crippen molar-refractivity contribution in [2.24, 2.45) is 0 Å². The molecule has 82 valence electrons. The third-order valence-corrected chi connectivity index (χ3v) is 3.13. The lowest BCUT2D eigenvalue weighted by Crippen LogP contribution is -2.25. The van der Waals surface area contributed by atoms with Gasteiger partial charge in [-0.15, -0.1) is 0 Å². The molecule has 1 atom stereocenters. The summed E-state index contributed by atoms with van der Waals surface area (Å²) >= 11 is 0. The molecule has 0 amide bonds. The van der Waals surface area contributed by atoms with Gasteiger partial charge in [-0.2, -0.15) is 0 Å². The van der Waals surface area contributed by atoms with Crippen molar-refractivity contribution in [3.05, 3.63) is 42.1 Å². The van der Waals surface area contributed by atoms with Gasteiger partial charge in [0.25, 0.3) is 0 Å². The van der Waals surface area contributed by atoms with Crippen molar-refractivity contribution >= 4 is 10.9 Å². The minimum atomic E-state index is -0.850. The molecule has 1 aromatic heterocycles. The average Bonchev–Trinajstić information content (AvgIpc) is 2.77. The summed E-state index contributed by atoms with van der Waals surface area (Å²) in [5, 5.41) is 11.4. The number of fused-ring (bicyclic) bond motifs is 1. The Morgan fingerprint density at radius 1 is 1.31 bits per heavy atom. The van der Waals surface area contributed by atoms with E-state index < -0.39 is 5.60 Å². The van der Waals surface area contributed by atoms with Gasteiger partial charge in [-0.3, -0.25) is 4.98 Å². The highest BCUT2D eigenvalue weighted by molar-refractivity contribution is 5.78. The minimum Gasteiger partial charge on any atom is -0.383 e. The van der Waals surface area contributed by atoms with Crippen LogP contribution in [0.1, 0.15) is 12.0 Å². The predicted octanol–water partition coefficient (Wildman–Crippen LogP) is 1.84. The van der Waals surface area contributed by atoms with Crippen LogP contribution in [0.25, 0.3) is 10.9 Å².